The topological polar surface area (TPSA) is 63.6 Å². The molecule has 0 heterocycles. The van der Waals surface area contributed by atoms with E-state index in [-0.39, 0.29) is 39.7 Å². The summed E-state index contributed by atoms with van der Waals surface area (Å²) in [7, 11) is 0. The van der Waals surface area contributed by atoms with Crippen molar-refractivity contribution < 1.29 is 19.4 Å². The predicted molar refractivity (Wildman–Crippen MR) is 147 cm³/mol. The van der Waals surface area contributed by atoms with Gasteiger partial charge in [0.15, 0.2) is 0 Å². The molecule has 4 fully saturated rings. The number of rotatable bonds is 3. The molecule has 0 aromatic carbocycles. The molecule has 0 unspecified atom stereocenters. The van der Waals surface area contributed by atoms with Crippen LogP contribution in [0.4, 0.5) is 0 Å². The van der Waals surface area contributed by atoms with E-state index in [0.717, 1.165) is 44.9 Å². The Balaban J connectivity index is 1.54. The van der Waals surface area contributed by atoms with Gasteiger partial charge in [0.2, 0.25) is 0 Å². The van der Waals surface area contributed by atoms with E-state index in [1.165, 1.54) is 18.4 Å². The minimum Gasteiger partial charge on any atom is -0.481 e. The summed E-state index contributed by atoms with van der Waals surface area (Å²) in [6, 6.07) is 0. The highest BCUT2D eigenvalue weighted by Crippen LogP contribution is 2.75. The van der Waals surface area contributed by atoms with E-state index in [1.54, 1.807) is 0 Å². The molecule has 4 saturated carbocycles. The minimum absolute atomic E-state index is 0.00287. The molecule has 5 aliphatic carbocycles. The minimum atomic E-state index is -0.579. The summed E-state index contributed by atoms with van der Waals surface area (Å²) in [5.41, 5.74) is 1.30. The zero-order chi connectivity index (χ0) is 27.2. The van der Waals surface area contributed by atoms with Gasteiger partial charge in [-0.3, -0.25) is 9.59 Å². The molecule has 5 rings (SSSR count). The lowest BCUT2D eigenvalue weighted by atomic mass is 9.33. The zero-order valence-corrected chi connectivity index (χ0v) is 24.8. The van der Waals surface area contributed by atoms with Crippen LogP contribution in [0.3, 0.4) is 0 Å². The Morgan fingerprint density at radius 3 is 2.30 bits per heavy atom. The molecular weight excluding hydrogens is 460 g/mol. The molecule has 0 aromatic heterocycles. The molecule has 1 N–H and O–H groups in total. The van der Waals surface area contributed by atoms with Gasteiger partial charge in [0, 0.05) is 11.8 Å². The number of carboxylic acid groups (broad SMARTS) is 1. The lowest BCUT2D eigenvalue weighted by Gasteiger charge is -2.71. The first-order valence-electron chi connectivity index (χ1n) is 15.3. The van der Waals surface area contributed by atoms with Crippen molar-refractivity contribution in [2.75, 3.05) is 0 Å². The molecule has 0 aliphatic heterocycles. The van der Waals surface area contributed by atoms with Gasteiger partial charge in [-0.25, -0.2) is 0 Å². The number of ether oxygens (including phenoxy) is 1. The highest BCUT2D eigenvalue weighted by molar-refractivity contribution is 5.76. The van der Waals surface area contributed by atoms with E-state index in [4.69, 9.17) is 4.74 Å². The Bertz CT molecular complexity index is 996. The van der Waals surface area contributed by atoms with Gasteiger partial charge >= 0.3 is 11.9 Å². The van der Waals surface area contributed by atoms with Crippen LogP contribution in [-0.4, -0.2) is 23.1 Å². The first-order valence-corrected chi connectivity index (χ1v) is 15.3. The molecule has 5 aliphatic rings. The lowest BCUT2D eigenvalue weighted by Crippen LogP contribution is -2.65. The van der Waals surface area contributed by atoms with Gasteiger partial charge in [-0.05, 0) is 104 Å². The Hall–Kier alpha value is -1.32. The quantitative estimate of drug-likeness (QED) is 0.307. The second kappa shape index (κ2) is 8.59. The number of hydrogen-bond acceptors (Lipinski definition) is 3. The van der Waals surface area contributed by atoms with E-state index < -0.39 is 11.4 Å². The van der Waals surface area contributed by atoms with Gasteiger partial charge in [0.1, 0.15) is 6.10 Å². The second-order valence-electron chi connectivity index (χ2n) is 15.3. The number of aliphatic carboxylic acids is 1. The molecule has 4 nitrogen and oxygen atoms in total. The third-order valence-electron chi connectivity index (χ3n) is 13.9. The van der Waals surface area contributed by atoms with Gasteiger partial charge in [-0.15, -0.1) is 0 Å². The Labute approximate surface area is 225 Å². The molecule has 0 bridgehead atoms. The van der Waals surface area contributed by atoms with Gasteiger partial charge in [0.05, 0.1) is 5.41 Å². The number of carbonyl (C=O) groups excluding carboxylic acids is 1. The number of esters is 1. The summed E-state index contributed by atoms with van der Waals surface area (Å²) >= 11 is 0. The normalized spacial score (nSPS) is 50.4. The van der Waals surface area contributed by atoms with Crippen LogP contribution >= 0.6 is 0 Å². The molecule has 4 heteroatoms. The molecule has 0 spiro atoms. The molecule has 0 saturated heterocycles. The standard InChI is InChI=1S/C33H52O4/c1-9-26(34)37-25-14-15-30(6)23(29(25,4)5)13-16-32(8)24(30)11-10-22-27-21(3)20(2)12-17-33(27,28(35)36)19-18-31(22,32)7/h10,20-21,23-25,27H,9,11-19H2,1-8H3,(H,35,36)/t20-,21+,23+,24-,25+,27+,30+,31-,32-,33+/m1/s1. The van der Waals surface area contributed by atoms with E-state index in [2.05, 4.69) is 54.5 Å². The fourth-order valence-corrected chi connectivity index (χ4v) is 11.3. The third-order valence-corrected chi connectivity index (χ3v) is 13.9. The van der Waals surface area contributed by atoms with Gasteiger partial charge in [-0.2, -0.15) is 0 Å². The monoisotopic (exact) mass is 512 g/mol. The first-order chi connectivity index (χ1) is 17.2. The van der Waals surface area contributed by atoms with Crippen LogP contribution < -0.4 is 0 Å². The molecule has 37 heavy (non-hydrogen) atoms. The first kappa shape index (κ1) is 27.3. The van der Waals surface area contributed by atoms with Crippen LogP contribution in [0.5, 0.6) is 0 Å². The molecule has 0 aromatic rings. The predicted octanol–water partition coefficient (Wildman–Crippen LogP) is 8.05. The van der Waals surface area contributed by atoms with Crippen LogP contribution in [-0.2, 0) is 14.3 Å². The molecule has 0 radical (unpaired) electrons. The molecule has 208 valence electrons. The summed E-state index contributed by atoms with van der Waals surface area (Å²) in [6.45, 7) is 18.9. The highest BCUT2D eigenvalue weighted by atomic mass is 16.5. The number of allylic oxidation sites excluding steroid dienone is 2. The lowest BCUT2D eigenvalue weighted by molar-refractivity contribution is -0.214. The largest absolute Gasteiger partial charge is 0.481 e. The Kier molecular flexibility index (Phi) is 6.33. The van der Waals surface area contributed by atoms with Crippen molar-refractivity contribution in [2.24, 2.45) is 56.7 Å². The molecule has 0 amide bonds. The zero-order valence-electron chi connectivity index (χ0n) is 24.8. The molecule has 10 atom stereocenters. The summed E-state index contributed by atoms with van der Waals surface area (Å²) < 4.78 is 6.02. The van der Waals surface area contributed by atoms with Crippen molar-refractivity contribution >= 4 is 11.9 Å². The number of carbonyl (C=O) groups is 2. The highest BCUT2D eigenvalue weighted by Gasteiger charge is 2.69. The van der Waals surface area contributed by atoms with E-state index in [0.29, 0.717) is 30.1 Å². The maximum absolute atomic E-state index is 12.9. The second-order valence-corrected chi connectivity index (χ2v) is 15.3. The average molecular weight is 513 g/mol. The smallest absolute Gasteiger partial charge is 0.310 e. The van der Waals surface area contributed by atoms with Crippen molar-refractivity contribution in [3.8, 4) is 0 Å². The summed E-state index contributed by atoms with van der Waals surface area (Å²) in [6.07, 6.45) is 12.2. The number of carboxylic acids is 1. The van der Waals surface area contributed by atoms with Gasteiger partial charge in [-0.1, -0.05) is 67.0 Å². The summed E-state index contributed by atoms with van der Waals surface area (Å²) in [5.74, 6) is 1.62. The van der Waals surface area contributed by atoms with E-state index in [1.807, 2.05) is 6.92 Å². The van der Waals surface area contributed by atoms with Crippen molar-refractivity contribution in [1.82, 2.24) is 0 Å². The van der Waals surface area contributed by atoms with Crippen LogP contribution in [0.2, 0.25) is 0 Å². The Morgan fingerprint density at radius 1 is 0.946 bits per heavy atom. The number of hydrogen-bond donors (Lipinski definition) is 1. The fraction of sp³-hybridized carbons (Fsp3) is 0.879. The van der Waals surface area contributed by atoms with E-state index in [9.17, 15) is 14.7 Å². The summed E-state index contributed by atoms with van der Waals surface area (Å²) in [5, 5.41) is 10.6. The van der Waals surface area contributed by atoms with Crippen LogP contribution in [0.15, 0.2) is 11.6 Å². The maximum Gasteiger partial charge on any atom is 0.310 e. The van der Waals surface area contributed by atoms with Gasteiger partial charge in [0.25, 0.3) is 0 Å². The van der Waals surface area contributed by atoms with Crippen molar-refractivity contribution in [3.63, 3.8) is 0 Å². The summed E-state index contributed by atoms with van der Waals surface area (Å²) in [4.78, 5) is 25.1. The van der Waals surface area contributed by atoms with Gasteiger partial charge < -0.3 is 9.84 Å². The van der Waals surface area contributed by atoms with Crippen LogP contribution in [0.1, 0.15) is 120 Å². The van der Waals surface area contributed by atoms with Crippen molar-refractivity contribution in [1.29, 1.82) is 0 Å². The maximum atomic E-state index is 12.9. The molecular formula is C33H52O4. The fourth-order valence-electron chi connectivity index (χ4n) is 11.3. The SMILES string of the molecule is CCC(=O)O[C@H]1CC[C@]2(C)[C@H]3CC=C4[C@@H]5[C@@H](C)[C@H](C)CC[C@]5(C(=O)O)CC[C@@]4(C)[C@]3(C)CC[C@H]2C1(C)C. The van der Waals surface area contributed by atoms with Crippen LogP contribution in [0.25, 0.3) is 0 Å². The third kappa shape index (κ3) is 3.45. The average Bonchev–Trinajstić information content (AvgIpc) is 2.83. The van der Waals surface area contributed by atoms with Crippen molar-refractivity contribution in [2.45, 2.75) is 126 Å². The number of fused-ring (bicyclic) bond motifs is 7. The van der Waals surface area contributed by atoms with Crippen molar-refractivity contribution in [3.05, 3.63) is 11.6 Å². The van der Waals surface area contributed by atoms with E-state index >= 15 is 0 Å². The van der Waals surface area contributed by atoms with Crippen LogP contribution in [0, 0.1) is 56.7 Å². The Morgan fingerprint density at radius 2 is 1.65 bits per heavy atom.